The molecule has 2 aromatic carbocycles. The molecule has 1 fully saturated rings. The Morgan fingerprint density at radius 2 is 1.84 bits per heavy atom. The second-order valence-corrected chi connectivity index (χ2v) is 11.0. The Morgan fingerprint density at radius 3 is 2.50 bits per heavy atom. The van der Waals surface area contributed by atoms with Gasteiger partial charge in [0.2, 0.25) is 5.91 Å². The lowest BCUT2D eigenvalue weighted by atomic mass is 9.97. The Bertz CT molecular complexity index is 1150. The summed E-state index contributed by atoms with van der Waals surface area (Å²) in [5.41, 5.74) is 2.84. The van der Waals surface area contributed by atoms with Crippen molar-refractivity contribution in [1.29, 1.82) is 0 Å². The predicted octanol–water partition coefficient (Wildman–Crippen LogP) is 3.26. The first-order valence-corrected chi connectivity index (χ1v) is 13.0. The van der Waals surface area contributed by atoms with Gasteiger partial charge in [0.1, 0.15) is 6.04 Å². The summed E-state index contributed by atoms with van der Waals surface area (Å²) in [6, 6.07) is 15.1. The number of benzene rings is 2. The quantitative estimate of drug-likeness (QED) is 0.422. The van der Waals surface area contributed by atoms with E-state index in [-0.39, 0.29) is 32.2 Å². The maximum absolute atomic E-state index is 13.6. The molecule has 0 radical (unpaired) electrons. The van der Waals surface area contributed by atoms with Gasteiger partial charge in [0.05, 0.1) is 11.9 Å². The maximum Gasteiger partial charge on any atom is 0.408 e. The molecule has 3 N–H and O–H groups in total. The lowest BCUT2D eigenvalue weighted by Crippen LogP contribution is -2.58. The molecule has 1 saturated heterocycles. The molecule has 2 aromatic rings. The number of ether oxygens (including phenoxy) is 1. The third-order valence-electron chi connectivity index (χ3n) is 6.31. The third kappa shape index (κ3) is 7.76. The van der Waals surface area contributed by atoms with Gasteiger partial charge in [0, 0.05) is 11.3 Å². The van der Waals surface area contributed by atoms with Crippen LogP contribution in [0.4, 0.5) is 4.79 Å². The van der Waals surface area contributed by atoms with E-state index in [0.717, 1.165) is 16.7 Å². The highest BCUT2D eigenvalue weighted by Gasteiger charge is 2.49. The minimum Gasteiger partial charge on any atom is -0.436 e. The van der Waals surface area contributed by atoms with Crippen molar-refractivity contribution in [3.63, 3.8) is 0 Å². The van der Waals surface area contributed by atoms with Crippen LogP contribution in [0.25, 0.3) is 0 Å². The minimum absolute atomic E-state index is 0. The largest absolute Gasteiger partial charge is 0.436 e. The van der Waals surface area contributed by atoms with Gasteiger partial charge in [-0.25, -0.2) is 4.79 Å². The van der Waals surface area contributed by atoms with Crippen molar-refractivity contribution >= 4 is 29.7 Å². The number of aliphatic hydroxyl groups excluding tert-OH is 1. The number of hydrogen-bond acceptors (Lipinski definition) is 6. The summed E-state index contributed by atoms with van der Waals surface area (Å²) in [5.74, 6) is 1.48. The molecule has 0 bridgehead atoms. The number of aliphatic hydroxyl groups is 1. The fourth-order valence-electron chi connectivity index (χ4n) is 4.25. The number of amides is 3. The molecule has 0 unspecified atom stereocenters. The highest BCUT2D eigenvalue weighted by atomic mass is 32.2. The number of alkyl carbamates (subject to hydrolysis) is 1. The van der Waals surface area contributed by atoms with Crippen molar-refractivity contribution in [3.8, 4) is 12.3 Å². The molecular weight excluding hydrogens is 502 g/mol. The number of carbonyl (C=O) groups excluding carboxylic acids is 3. The molecule has 3 atom stereocenters. The van der Waals surface area contributed by atoms with E-state index in [9.17, 15) is 19.5 Å². The van der Waals surface area contributed by atoms with E-state index in [2.05, 4.69) is 16.6 Å². The van der Waals surface area contributed by atoms with Crippen LogP contribution < -0.4 is 10.6 Å². The average molecular weight is 540 g/mol. The van der Waals surface area contributed by atoms with Crippen LogP contribution in [-0.4, -0.2) is 63.3 Å². The zero-order valence-electron chi connectivity index (χ0n) is 21.3. The van der Waals surface area contributed by atoms with Crippen molar-refractivity contribution in [1.82, 2.24) is 15.5 Å². The first-order valence-electron chi connectivity index (χ1n) is 12.0. The van der Waals surface area contributed by atoms with Gasteiger partial charge in [-0.1, -0.05) is 67.9 Å². The van der Waals surface area contributed by atoms with Crippen LogP contribution >= 0.6 is 11.8 Å². The molecular formula is C29H37N3O5S. The summed E-state index contributed by atoms with van der Waals surface area (Å²) >= 11 is 1.45. The molecule has 1 heterocycles. The van der Waals surface area contributed by atoms with Crippen LogP contribution in [0.15, 0.2) is 54.6 Å². The van der Waals surface area contributed by atoms with E-state index in [1.165, 1.54) is 16.7 Å². The highest BCUT2D eigenvalue weighted by Crippen LogP contribution is 2.40. The van der Waals surface area contributed by atoms with E-state index in [4.69, 9.17) is 11.2 Å². The Labute approximate surface area is 229 Å². The zero-order chi connectivity index (χ0) is 27.0. The summed E-state index contributed by atoms with van der Waals surface area (Å²) in [7, 11) is 0. The maximum atomic E-state index is 13.6. The van der Waals surface area contributed by atoms with Gasteiger partial charge in [-0.15, -0.1) is 18.2 Å². The van der Waals surface area contributed by atoms with Crippen molar-refractivity contribution in [2.24, 2.45) is 0 Å². The van der Waals surface area contributed by atoms with Gasteiger partial charge in [-0.3, -0.25) is 9.59 Å². The summed E-state index contributed by atoms with van der Waals surface area (Å²) in [4.78, 5) is 40.5. The van der Waals surface area contributed by atoms with Crippen molar-refractivity contribution in [2.45, 2.75) is 64.1 Å². The number of carbonyl (C=O) groups is 3. The molecule has 3 rings (SSSR count). The molecule has 0 aliphatic carbocycles. The number of nitrogens with zero attached hydrogens (tertiary/aromatic N) is 1. The standard InChI is InChI=1S/C28H33N3O5S.CH4/c1-5-15-36-27(35)30-22(16-20-12-7-6-8-13-20)23(32)26(34)31-18-37-28(3,4)24(31)25(33)29-17-21-14-10-9-11-19(21)2;/h1,6-14,22-24,32H,15-18H2,2-4H3,(H,29,33)(H,30,35);1H4/t22-,23-,24+;/m0./s1. The fourth-order valence-corrected chi connectivity index (χ4v) is 5.39. The lowest BCUT2D eigenvalue weighted by molar-refractivity contribution is -0.147. The fraction of sp³-hybridized carbons (Fsp3) is 0.414. The number of nitrogens with one attached hydrogen (secondary N) is 2. The molecule has 1 aliphatic heterocycles. The van der Waals surface area contributed by atoms with Crippen LogP contribution in [0.3, 0.4) is 0 Å². The number of hydrogen-bond donors (Lipinski definition) is 3. The molecule has 1 aliphatic rings. The van der Waals surface area contributed by atoms with E-state index in [1.54, 1.807) is 0 Å². The van der Waals surface area contributed by atoms with Crippen LogP contribution in [0.1, 0.15) is 38.0 Å². The molecule has 9 heteroatoms. The number of rotatable bonds is 9. The van der Waals surface area contributed by atoms with E-state index in [1.807, 2.05) is 75.4 Å². The lowest BCUT2D eigenvalue weighted by Gasteiger charge is -2.33. The summed E-state index contributed by atoms with van der Waals surface area (Å²) in [6.45, 7) is 5.84. The summed E-state index contributed by atoms with van der Waals surface area (Å²) in [6.07, 6.45) is 2.88. The van der Waals surface area contributed by atoms with Gasteiger partial charge in [0.15, 0.2) is 12.7 Å². The molecule has 204 valence electrons. The van der Waals surface area contributed by atoms with Gasteiger partial charge in [0.25, 0.3) is 5.91 Å². The molecule has 0 spiro atoms. The van der Waals surface area contributed by atoms with E-state index in [0.29, 0.717) is 6.54 Å². The molecule has 0 saturated carbocycles. The van der Waals surface area contributed by atoms with Gasteiger partial charge in [-0.2, -0.15) is 0 Å². The zero-order valence-corrected chi connectivity index (χ0v) is 22.1. The van der Waals surface area contributed by atoms with E-state index >= 15 is 0 Å². The topological polar surface area (TPSA) is 108 Å². The smallest absolute Gasteiger partial charge is 0.408 e. The van der Waals surface area contributed by atoms with Crippen LogP contribution in [0.2, 0.25) is 0 Å². The van der Waals surface area contributed by atoms with Crippen molar-refractivity contribution in [2.75, 3.05) is 12.5 Å². The van der Waals surface area contributed by atoms with Gasteiger partial charge in [-0.05, 0) is 43.9 Å². The molecule has 8 nitrogen and oxygen atoms in total. The van der Waals surface area contributed by atoms with Gasteiger partial charge < -0.3 is 25.4 Å². The van der Waals surface area contributed by atoms with Crippen LogP contribution in [0, 0.1) is 19.3 Å². The third-order valence-corrected chi connectivity index (χ3v) is 7.69. The second kappa shape index (κ2) is 13.9. The van der Waals surface area contributed by atoms with Gasteiger partial charge >= 0.3 is 6.09 Å². The Morgan fingerprint density at radius 1 is 1.18 bits per heavy atom. The molecule has 38 heavy (non-hydrogen) atoms. The van der Waals surface area contributed by atoms with E-state index < -0.39 is 34.9 Å². The van der Waals surface area contributed by atoms with Crippen molar-refractivity contribution < 1.29 is 24.2 Å². The summed E-state index contributed by atoms with van der Waals surface area (Å²) < 4.78 is 4.32. The SMILES string of the molecule is C.C#CCOC(=O)N[C@@H](Cc1ccccc1)[C@H](O)C(=O)N1CSC(C)(C)[C@H]1C(=O)NCc1ccccc1C. The first kappa shape index (κ1) is 30.7. The Hall–Kier alpha value is -3.48. The highest BCUT2D eigenvalue weighted by molar-refractivity contribution is 8.00. The van der Waals surface area contributed by atoms with Crippen LogP contribution in [-0.2, 0) is 27.3 Å². The van der Waals surface area contributed by atoms with Crippen LogP contribution in [0.5, 0.6) is 0 Å². The molecule has 0 aromatic heterocycles. The monoisotopic (exact) mass is 539 g/mol. The predicted molar refractivity (Wildman–Crippen MR) is 150 cm³/mol. The number of aryl methyl sites for hydroxylation is 1. The second-order valence-electron chi connectivity index (χ2n) is 9.40. The molecule has 3 amide bonds. The van der Waals surface area contributed by atoms with Crippen molar-refractivity contribution in [3.05, 3.63) is 71.3 Å². The minimum atomic E-state index is -1.61. The Kier molecular flexibility index (Phi) is 11.2. The Balaban J connectivity index is 0.00000507. The average Bonchev–Trinajstić information content (AvgIpc) is 3.21. The number of terminal acetylenes is 1. The summed E-state index contributed by atoms with van der Waals surface area (Å²) in [5, 5.41) is 16.7. The number of thioether (sulfide) groups is 1. The normalized spacial score (nSPS) is 17.3. The first-order chi connectivity index (χ1) is 17.6.